The minimum Gasteiger partial charge on any atom is -0.207 e. The normalized spacial score (nSPS) is 11.2. The van der Waals surface area contributed by atoms with Crippen LogP contribution in [0.25, 0.3) is 4.91 Å². The molecule has 0 N–H and O–H groups in total. The van der Waals surface area contributed by atoms with Crippen LogP contribution in [0.3, 0.4) is 0 Å². The average molecular weight is 217 g/mol. The molecular formula is C9H9ClO2S. The minimum absolute atomic E-state index is 0.0575. The molecule has 4 heteroatoms. The van der Waals surface area contributed by atoms with Gasteiger partial charge in [-0.1, -0.05) is 36.4 Å². The lowest BCUT2D eigenvalue weighted by Gasteiger charge is -2.01. The highest BCUT2D eigenvalue weighted by Gasteiger charge is 2.12. The van der Waals surface area contributed by atoms with Crippen LogP contribution in [0, 0.1) is 6.92 Å². The zero-order chi connectivity index (χ0) is 10.1. The van der Waals surface area contributed by atoms with Crippen molar-refractivity contribution < 1.29 is 8.42 Å². The van der Waals surface area contributed by atoms with E-state index in [1.807, 2.05) is 13.0 Å². The molecule has 0 aromatic heterocycles. The van der Waals surface area contributed by atoms with Crippen molar-refractivity contribution in [1.29, 1.82) is 0 Å². The van der Waals surface area contributed by atoms with E-state index < -0.39 is 9.05 Å². The first-order valence-electron chi connectivity index (χ1n) is 3.62. The molecule has 1 aromatic carbocycles. The standard InChI is InChI=1S/C9H9ClO2S/c1-7-4-3-5-9(6-7)8(2)13(10,11)12/h3-6H,2H2,1H3. The molecule has 0 aliphatic heterocycles. The molecule has 0 bridgehead atoms. The smallest absolute Gasteiger partial charge is 0.207 e. The molecule has 0 fully saturated rings. The SMILES string of the molecule is C=C(c1cccc(C)c1)S(=O)(=O)Cl. The maximum atomic E-state index is 10.9. The van der Waals surface area contributed by atoms with Gasteiger partial charge in [0.25, 0.3) is 9.05 Å². The van der Waals surface area contributed by atoms with E-state index in [9.17, 15) is 8.42 Å². The predicted molar refractivity (Wildman–Crippen MR) is 55.0 cm³/mol. The van der Waals surface area contributed by atoms with Crippen LogP contribution in [0.15, 0.2) is 30.8 Å². The maximum absolute atomic E-state index is 10.9. The fourth-order valence-corrected chi connectivity index (χ4v) is 1.64. The highest BCUT2D eigenvalue weighted by molar-refractivity contribution is 8.21. The average Bonchev–Trinajstić information content (AvgIpc) is 2.01. The van der Waals surface area contributed by atoms with Crippen molar-refractivity contribution >= 4 is 24.6 Å². The van der Waals surface area contributed by atoms with Gasteiger partial charge in [0.2, 0.25) is 0 Å². The summed E-state index contributed by atoms with van der Waals surface area (Å²) < 4.78 is 21.8. The van der Waals surface area contributed by atoms with Crippen LogP contribution >= 0.6 is 10.7 Å². The molecule has 0 aliphatic rings. The maximum Gasteiger partial charge on any atom is 0.261 e. The van der Waals surface area contributed by atoms with Gasteiger partial charge >= 0.3 is 0 Å². The zero-order valence-corrected chi connectivity index (χ0v) is 8.69. The van der Waals surface area contributed by atoms with Crippen molar-refractivity contribution in [2.75, 3.05) is 0 Å². The molecule has 13 heavy (non-hydrogen) atoms. The Morgan fingerprint density at radius 1 is 1.46 bits per heavy atom. The lowest BCUT2D eigenvalue weighted by molar-refractivity contribution is 0.618. The summed E-state index contributed by atoms with van der Waals surface area (Å²) in [5.74, 6) is 0. The van der Waals surface area contributed by atoms with Crippen molar-refractivity contribution in [2.45, 2.75) is 6.92 Å². The van der Waals surface area contributed by atoms with E-state index in [4.69, 9.17) is 10.7 Å². The fraction of sp³-hybridized carbons (Fsp3) is 0.111. The summed E-state index contributed by atoms with van der Waals surface area (Å²) in [6.45, 7) is 5.29. The lowest BCUT2D eigenvalue weighted by Crippen LogP contribution is -1.92. The second-order valence-corrected chi connectivity index (χ2v) is 5.32. The second kappa shape index (κ2) is 3.52. The molecule has 0 heterocycles. The Kier molecular flexibility index (Phi) is 2.78. The van der Waals surface area contributed by atoms with E-state index in [1.165, 1.54) is 0 Å². The molecule has 2 nitrogen and oxygen atoms in total. The third kappa shape index (κ3) is 2.57. The van der Waals surface area contributed by atoms with Gasteiger partial charge in [0.05, 0.1) is 4.91 Å². The van der Waals surface area contributed by atoms with E-state index >= 15 is 0 Å². The number of aryl methyl sites for hydroxylation is 1. The second-order valence-electron chi connectivity index (χ2n) is 2.73. The number of benzene rings is 1. The number of halogens is 1. The summed E-state index contributed by atoms with van der Waals surface area (Å²) in [4.78, 5) is -0.0575. The largest absolute Gasteiger partial charge is 0.261 e. The van der Waals surface area contributed by atoms with Crippen LogP contribution in [-0.4, -0.2) is 8.42 Å². The first-order chi connectivity index (χ1) is 5.91. The van der Waals surface area contributed by atoms with Gasteiger partial charge in [0, 0.05) is 10.7 Å². The third-order valence-electron chi connectivity index (χ3n) is 1.63. The summed E-state index contributed by atoms with van der Waals surface area (Å²) in [5, 5.41) is 0. The molecule has 0 aliphatic carbocycles. The quantitative estimate of drug-likeness (QED) is 0.712. The van der Waals surface area contributed by atoms with Gasteiger partial charge in [-0.2, -0.15) is 0 Å². The molecule has 0 spiro atoms. The monoisotopic (exact) mass is 216 g/mol. The molecule has 0 saturated heterocycles. The van der Waals surface area contributed by atoms with Crippen LogP contribution < -0.4 is 0 Å². The van der Waals surface area contributed by atoms with Gasteiger partial charge in [-0.3, -0.25) is 0 Å². The Morgan fingerprint density at radius 3 is 2.54 bits per heavy atom. The van der Waals surface area contributed by atoms with Crippen molar-refractivity contribution in [3.8, 4) is 0 Å². The van der Waals surface area contributed by atoms with E-state index in [-0.39, 0.29) is 4.91 Å². The Hall–Kier alpha value is -0.800. The van der Waals surface area contributed by atoms with Crippen LogP contribution in [0.2, 0.25) is 0 Å². The number of hydrogen-bond acceptors (Lipinski definition) is 2. The molecular weight excluding hydrogens is 208 g/mol. The third-order valence-corrected chi connectivity index (χ3v) is 3.02. The van der Waals surface area contributed by atoms with Crippen molar-refractivity contribution in [3.63, 3.8) is 0 Å². The molecule has 0 unspecified atom stereocenters. The van der Waals surface area contributed by atoms with Crippen molar-refractivity contribution in [2.24, 2.45) is 0 Å². The van der Waals surface area contributed by atoms with Gasteiger partial charge in [-0.15, -0.1) is 0 Å². The molecule has 1 aromatic rings. The Bertz CT molecular complexity index is 435. The molecule has 0 saturated carbocycles. The molecule has 70 valence electrons. The fourth-order valence-electron chi connectivity index (χ4n) is 0.959. The van der Waals surface area contributed by atoms with Gasteiger partial charge in [-0.25, -0.2) is 8.42 Å². The Balaban J connectivity index is 3.18. The molecule has 0 amide bonds. The summed E-state index contributed by atoms with van der Waals surface area (Å²) in [5.41, 5.74) is 1.51. The van der Waals surface area contributed by atoms with E-state index in [0.29, 0.717) is 5.56 Å². The Labute approximate surface area is 82.3 Å². The van der Waals surface area contributed by atoms with Crippen molar-refractivity contribution in [1.82, 2.24) is 0 Å². The van der Waals surface area contributed by atoms with E-state index in [0.717, 1.165) is 5.56 Å². The molecule has 1 rings (SSSR count). The Morgan fingerprint density at radius 2 is 2.08 bits per heavy atom. The first-order valence-corrected chi connectivity index (χ1v) is 5.93. The summed E-state index contributed by atoms with van der Waals surface area (Å²) in [6, 6.07) is 7.02. The molecule has 0 radical (unpaired) electrons. The summed E-state index contributed by atoms with van der Waals surface area (Å²) >= 11 is 0. The number of rotatable bonds is 2. The van der Waals surface area contributed by atoms with E-state index in [1.54, 1.807) is 18.2 Å². The van der Waals surface area contributed by atoms with Gasteiger partial charge in [0.1, 0.15) is 0 Å². The van der Waals surface area contributed by atoms with Crippen LogP contribution in [-0.2, 0) is 9.05 Å². The minimum atomic E-state index is -3.69. The van der Waals surface area contributed by atoms with Gasteiger partial charge in [0.15, 0.2) is 0 Å². The highest BCUT2D eigenvalue weighted by Crippen LogP contribution is 2.22. The summed E-state index contributed by atoms with van der Waals surface area (Å²) in [6.07, 6.45) is 0. The van der Waals surface area contributed by atoms with Gasteiger partial charge in [-0.05, 0) is 12.5 Å². The topological polar surface area (TPSA) is 34.1 Å². The highest BCUT2D eigenvalue weighted by atomic mass is 35.7. The number of hydrogen-bond donors (Lipinski definition) is 0. The van der Waals surface area contributed by atoms with Gasteiger partial charge < -0.3 is 0 Å². The first kappa shape index (κ1) is 10.3. The van der Waals surface area contributed by atoms with Crippen molar-refractivity contribution in [3.05, 3.63) is 42.0 Å². The zero-order valence-electron chi connectivity index (χ0n) is 7.12. The van der Waals surface area contributed by atoms with Crippen LogP contribution in [0.1, 0.15) is 11.1 Å². The molecule has 0 atom stereocenters. The summed E-state index contributed by atoms with van der Waals surface area (Å²) in [7, 11) is 1.45. The van der Waals surface area contributed by atoms with E-state index in [2.05, 4.69) is 6.58 Å². The van der Waals surface area contributed by atoms with Crippen LogP contribution in [0.4, 0.5) is 0 Å². The predicted octanol–water partition coefficient (Wildman–Crippen LogP) is 2.53. The van der Waals surface area contributed by atoms with Crippen LogP contribution in [0.5, 0.6) is 0 Å². The lowest BCUT2D eigenvalue weighted by atomic mass is 10.1.